The van der Waals surface area contributed by atoms with Crippen LogP contribution in [-0.2, 0) is 11.2 Å². The van der Waals surface area contributed by atoms with Crippen LogP contribution in [0.2, 0.25) is 5.02 Å². The lowest BCUT2D eigenvalue weighted by Crippen LogP contribution is -2.23. The molecule has 1 atom stereocenters. The van der Waals surface area contributed by atoms with Crippen LogP contribution in [0.4, 0.5) is 10.1 Å². The first-order chi connectivity index (χ1) is 13.1. The van der Waals surface area contributed by atoms with E-state index < -0.39 is 5.92 Å². The van der Waals surface area contributed by atoms with Gasteiger partial charge in [0.05, 0.1) is 18.1 Å². The molecule has 0 aliphatic rings. The molecule has 4 nitrogen and oxygen atoms in total. The fourth-order valence-electron chi connectivity index (χ4n) is 2.76. The summed E-state index contributed by atoms with van der Waals surface area (Å²) in [5.41, 5.74) is 2.04. The van der Waals surface area contributed by atoms with Gasteiger partial charge in [0.25, 0.3) is 0 Å². The number of anilines is 1. The Labute approximate surface area is 162 Å². The van der Waals surface area contributed by atoms with E-state index in [0.717, 1.165) is 5.69 Å². The third-order valence-corrected chi connectivity index (χ3v) is 4.44. The molecule has 27 heavy (non-hydrogen) atoms. The number of rotatable bonds is 6. The first-order valence-corrected chi connectivity index (χ1v) is 8.74. The Morgan fingerprint density at radius 3 is 2.59 bits per heavy atom. The van der Waals surface area contributed by atoms with Crippen molar-refractivity contribution in [1.29, 1.82) is 0 Å². The number of carbonyl (C=O) groups is 1. The molecule has 1 unspecified atom stereocenters. The van der Waals surface area contributed by atoms with Gasteiger partial charge in [0.1, 0.15) is 11.6 Å². The number of methoxy groups -OCH3 is 1. The van der Waals surface area contributed by atoms with E-state index in [1.54, 1.807) is 36.5 Å². The first-order valence-electron chi connectivity index (χ1n) is 8.36. The molecule has 0 bridgehead atoms. The Balaban J connectivity index is 1.86. The van der Waals surface area contributed by atoms with Gasteiger partial charge >= 0.3 is 0 Å². The highest BCUT2D eigenvalue weighted by molar-refractivity contribution is 6.32. The maximum Gasteiger partial charge on any atom is 0.232 e. The molecular formula is C21H18ClFN2O2. The highest BCUT2D eigenvalue weighted by Crippen LogP contribution is 2.29. The van der Waals surface area contributed by atoms with Crippen molar-refractivity contribution in [3.63, 3.8) is 0 Å². The lowest BCUT2D eigenvalue weighted by Gasteiger charge is -2.17. The van der Waals surface area contributed by atoms with E-state index in [1.165, 1.54) is 19.2 Å². The average molecular weight is 385 g/mol. The van der Waals surface area contributed by atoms with Crippen LogP contribution in [0, 0.1) is 5.82 Å². The van der Waals surface area contributed by atoms with E-state index in [9.17, 15) is 9.18 Å². The highest BCUT2D eigenvalue weighted by Gasteiger charge is 2.22. The van der Waals surface area contributed by atoms with Gasteiger partial charge in [0.2, 0.25) is 5.91 Å². The number of pyridine rings is 1. The zero-order chi connectivity index (χ0) is 19.2. The Morgan fingerprint density at radius 1 is 1.19 bits per heavy atom. The molecule has 0 saturated heterocycles. The van der Waals surface area contributed by atoms with Gasteiger partial charge in [-0.05, 0) is 48.0 Å². The molecular weight excluding hydrogens is 367 g/mol. The molecule has 3 aromatic rings. The Morgan fingerprint density at radius 2 is 1.96 bits per heavy atom. The molecule has 0 aliphatic heterocycles. The lowest BCUT2D eigenvalue weighted by atomic mass is 9.93. The monoisotopic (exact) mass is 384 g/mol. The van der Waals surface area contributed by atoms with Crippen molar-refractivity contribution in [3.8, 4) is 5.75 Å². The van der Waals surface area contributed by atoms with Crippen LogP contribution in [0.1, 0.15) is 17.2 Å². The van der Waals surface area contributed by atoms with E-state index in [0.29, 0.717) is 28.4 Å². The minimum atomic E-state index is -0.527. The van der Waals surface area contributed by atoms with E-state index in [-0.39, 0.29) is 11.7 Å². The second kappa shape index (κ2) is 8.64. The lowest BCUT2D eigenvalue weighted by molar-refractivity contribution is -0.117. The maximum atomic E-state index is 13.3. The van der Waals surface area contributed by atoms with Gasteiger partial charge < -0.3 is 10.1 Å². The number of nitrogens with zero attached hydrogens (tertiary/aromatic N) is 1. The summed E-state index contributed by atoms with van der Waals surface area (Å²) in [6, 6.07) is 16.5. The predicted octanol–water partition coefficient (Wildman–Crippen LogP) is 4.85. The minimum Gasteiger partial charge on any atom is -0.495 e. The van der Waals surface area contributed by atoms with Crippen molar-refractivity contribution in [2.75, 3.05) is 12.4 Å². The van der Waals surface area contributed by atoms with Crippen LogP contribution in [-0.4, -0.2) is 18.0 Å². The summed E-state index contributed by atoms with van der Waals surface area (Å²) in [5.74, 6) is -0.578. The molecule has 0 aliphatic carbocycles. The molecule has 1 amide bonds. The predicted molar refractivity (Wildman–Crippen MR) is 104 cm³/mol. The minimum absolute atomic E-state index is 0.228. The van der Waals surface area contributed by atoms with Crippen LogP contribution >= 0.6 is 11.6 Å². The smallest absolute Gasteiger partial charge is 0.232 e. The van der Waals surface area contributed by atoms with Crippen LogP contribution < -0.4 is 10.1 Å². The number of amides is 1. The summed E-state index contributed by atoms with van der Waals surface area (Å²) in [4.78, 5) is 17.3. The van der Waals surface area contributed by atoms with Crippen molar-refractivity contribution in [2.24, 2.45) is 0 Å². The Bertz CT molecular complexity index is 917. The molecule has 138 valence electrons. The number of ether oxygens (including phenoxy) is 1. The molecule has 3 rings (SSSR count). The average Bonchev–Trinajstić information content (AvgIpc) is 2.68. The van der Waals surface area contributed by atoms with Crippen LogP contribution in [0.5, 0.6) is 5.75 Å². The molecule has 1 N–H and O–H groups in total. The van der Waals surface area contributed by atoms with Gasteiger partial charge in [-0.3, -0.25) is 9.78 Å². The molecule has 0 radical (unpaired) electrons. The maximum absolute atomic E-state index is 13.3. The number of aromatic nitrogens is 1. The van der Waals surface area contributed by atoms with Crippen LogP contribution in [0.3, 0.4) is 0 Å². The van der Waals surface area contributed by atoms with Gasteiger partial charge in [-0.15, -0.1) is 0 Å². The van der Waals surface area contributed by atoms with E-state index >= 15 is 0 Å². The van der Waals surface area contributed by atoms with Crippen LogP contribution in [0.15, 0.2) is 66.9 Å². The topological polar surface area (TPSA) is 51.2 Å². The first kappa shape index (κ1) is 18.9. The summed E-state index contributed by atoms with van der Waals surface area (Å²) in [5, 5.41) is 3.27. The number of nitrogens with one attached hydrogen (secondary N) is 1. The zero-order valence-corrected chi connectivity index (χ0v) is 15.4. The number of benzene rings is 2. The Kier molecular flexibility index (Phi) is 6.04. The molecule has 2 aromatic carbocycles. The van der Waals surface area contributed by atoms with Gasteiger partial charge in [-0.2, -0.15) is 0 Å². The molecule has 0 spiro atoms. The van der Waals surface area contributed by atoms with Gasteiger partial charge in [0, 0.05) is 24.0 Å². The standard InChI is InChI=1S/C21H18ClFN2O2/c1-27-20-10-9-17(13-19(20)22)25-21(26)18(12-16-4-2-3-11-24-16)14-5-7-15(23)8-6-14/h2-11,13,18H,12H2,1H3,(H,25,26). The molecule has 6 heteroatoms. The molecule has 0 fully saturated rings. The van der Waals surface area contributed by atoms with Gasteiger partial charge in [-0.25, -0.2) is 4.39 Å². The summed E-state index contributed by atoms with van der Waals surface area (Å²) >= 11 is 6.13. The van der Waals surface area contributed by atoms with E-state index in [2.05, 4.69) is 10.3 Å². The highest BCUT2D eigenvalue weighted by atomic mass is 35.5. The third-order valence-electron chi connectivity index (χ3n) is 4.15. The SMILES string of the molecule is COc1ccc(NC(=O)C(Cc2ccccn2)c2ccc(F)cc2)cc1Cl. The number of carbonyl (C=O) groups excluding carboxylic acids is 1. The summed E-state index contributed by atoms with van der Waals surface area (Å²) in [6.45, 7) is 0. The second-order valence-corrected chi connectivity index (χ2v) is 6.38. The molecule has 1 heterocycles. The number of halogens is 2. The van der Waals surface area contributed by atoms with Crippen molar-refractivity contribution >= 4 is 23.2 Å². The van der Waals surface area contributed by atoms with Crippen molar-refractivity contribution in [3.05, 3.63) is 89.0 Å². The number of hydrogen-bond acceptors (Lipinski definition) is 3. The van der Waals surface area contributed by atoms with Crippen molar-refractivity contribution in [1.82, 2.24) is 4.98 Å². The van der Waals surface area contributed by atoms with Gasteiger partial charge in [-0.1, -0.05) is 29.8 Å². The fraction of sp³-hybridized carbons (Fsp3) is 0.143. The number of hydrogen-bond donors (Lipinski definition) is 1. The van der Waals surface area contributed by atoms with E-state index in [4.69, 9.17) is 16.3 Å². The molecule has 0 saturated carbocycles. The van der Waals surface area contributed by atoms with Crippen molar-refractivity contribution in [2.45, 2.75) is 12.3 Å². The summed E-state index contributed by atoms with van der Waals surface area (Å²) < 4.78 is 18.4. The Hall–Kier alpha value is -2.92. The summed E-state index contributed by atoms with van der Waals surface area (Å²) in [6.07, 6.45) is 2.07. The van der Waals surface area contributed by atoms with Crippen molar-refractivity contribution < 1.29 is 13.9 Å². The largest absolute Gasteiger partial charge is 0.495 e. The van der Waals surface area contributed by atoms with E-state index in [1.807, 2.05) is 18.2 Å². The summed E-state index contributed by atoms with van der Waals surface area (Å²) in [7, 11) is 1.52. The van der Waals surface area contributed by atoms with Crippen LogP contribution in [0.25, 0.3) is 0 Å². The fourth-order valence-corrected chi connectivity index (χ4v) is 3.02. The quantitative estimate of drug-likeness (QED) is 0.661. The van der Waals surface area contributed by atoms with Gasteiger partial charge in [0.15, 0.2) is 0 Å². The zero-order valence-electron chi connectivity index (χ0n) is 14.7. The normalized spacial score (nSPS) is 11.7. The third kappa shape index (κ3) is 4.83. The second-order valence-electron chi connectivity index (χ2n) is 5.97. The molecule has 1 aromatic heterocycles.